The van der Waals surface area contributed by atoms with Crippen molar-refractivity contribution in [2.24, 2.45) is 5.92 Å². The Balaban J connectivity index is 1.19. The van der Waals surface area contributed by atoms with Gasteiger partial charge in [0.2, 0.25) is 11.8 Å². The summed E-state index contributed by atoms with van der Waals surface area (Å²) in [5.74, 6) is 0.427. The number of pyridine rings is 2. The molecule has 3 aliphatic rings. The second kappa shape index (κ2) is 8.33. The number of fused-ring (bicyclic) bond motifs is 4. The Labute approximate surface area is 230 Å². The average Bonchev–Trinajstić information content (AvgIpc) is 3.24. The smallest absolute Gasteiger partial charge is 0.252 e. The Morgan fingerprint density at radius 1 is 1.15 bits per heavy atom. The van der Waals surface area contributed by atoms with Crippen LogP contribution in [0.4, 0.5) is 10.1 Å². The van der Waals surface area contributed by atoms with Crippen molar-refractivity contribution in [3.05, 3.63) is 93.9 Å². The van der Waals surface area contributed by atoms with Gasteiger partial charge in [-0.1, -0.05) is 18.2 Å². The second-order valence-electron chi connectivity index (χ2n) is 10.1. The Kier molecular flexibility index (Phi) is 4.81. The molecule has 0 radical (unpaired) electrons. The summed E-state index contributed by atoms with van der Waals surface area (Å²) in [6.45, 7) is 4.12. The van der Waals surface area contributed by atoms with Crippen LogP contribution in [-0.2, 0) is 0 Å². The van der Waals surface area contributed by atoms with Crippen LogP contribution in [0.5, 0.6) is 5.88 Å². The van der Waals surface area contributed by atoms with Crippen molar-refractivity contribution in [2.75, 3.05) is 11.9 Å². The number of H-pyrrole nitrogens is 1. The minimum Gasteiger partial charge on any atom is -0.470 e. The number of ether oxygens (including phenoxy) is 1. The molecule has 2 aliphatic heterocycles. The maximum Gasteiger partial charge on any atom is 0.252 e. The fourth-order valence-electron chi connectivity index (χ4n) is 5.81. The molecule has 0 saturated heterocycles. The predicted octanol–water partition coefficient (Wildman–Crippen LogP) is 4.09. The van der Waals surface area contributed by atoms with Crippen LogP contribution in [0, 0.1) is 11.9 Å². The summed E-state index contributed by atoms with van der Waals surface area (Å²) in [6, 6.07) is 11.9. The van der Waals surface area contributed by atoms with Gasteiger partial charge in [-0.15, -0.1) is 5.10 Å². The van der Waals surface area contributed by atoms with Crippen LogP contribution < -0.4 is 15.6 Å². The van der Waals surface area contributed by atoms with Crippen LogP contribution >= 0.6 is 11.6 Å². The lowest BCUT2D eigenvalue weighted by Gasteiger charge is -2.20. The summed E-state index contributed by atoms with van der Waals surface area (Å²) in [6.07, 6.45) is 2.36. The number of imidazole rings is 1. The lowest BCUT2D eigenvalue weighted by Crippen LogP contribution is -2.26. The van der Waals surface area contributed by atoms with Gasteiger partial charge in [0.1, 0.15) is 30.1 Å². The molecular weight excluding hydrogens is 537 g/mol. The largest absolute Gasteiger partial charge is 0.470 e. The topological polar surface area (TPSA) is 128 Å². The summed E-state index contributed by atoms with van der Waals surface area (Å²) in [4.78, 5) is 25.4. The number of tetrazole rings is 1. The first-order chi connectivity index (χ1) is 19.4. The lowest BCUT2D eigenvalue weighted by molar-refractivity contribution is 0.333. The molecule has 1 fully saturated rings. The number of benzene rings is 1. The molecule has 0 bridgehead atoms. The van der Waals surface area contributed by atoms with Crippen molar-refractivity contribution in [3.8, 4) is 34.1 Å². The maximum absolute atomic E-state index is 15.2. The number of aromatic nitrogens is 8. The minimum atomic E-state index is -0.615. The lowest BCUT2D eigenvalue weighted by atomic mass is 10.0. The van der Waals surface area contributed by atoms with E-state index in [1.807, 2.05) is 6.07 Å². The zero-order chi connectivity index (χ0) is 27.1. The molecule has 5 aromatic rings. The van der Waals surface area contributed by atoms with E-state index in [1.54, 1.807) is 41.0 Å². The first-order valence-electron chi connectivity index (χ1n) is 12.6. The molecule has 11 nitrogen and oxygen atoms in total. The van der Waals surface area contributed by atoms with E-state index in [4.69, 9.17) is 16.3 Å². The van der Waals surface area contributed by atoms with Gasteiger partial charge in [0.15, 0.2) is 0 Å². The van der Waals surface area contributed by atoms with Crippen LogP contribution in [0.2, 0.25) is 5.02 Å². The molecule has 40 heavy (non-hydrogen) atoms. The molecule has 3 atom stereocenters. The van der Waals surface area contributed by atoms with Crippen LogP contribution in [0.3, 0.4) is 0 Å². The number of anilines is 1. The second-order valence-corrected chi connectivity index (χ2v) is 10.5. The monoisotopic (exact) mass is 555 g/mol. The summed E-state index contributed by atoms with van der Waals surface area (Å²) >= 11 is 6.33. The molecule has 6 heterocycles. The van der Waals surface area contributed by atoms with Gasteiger partial charge in [-0.2, -0.15) is 9.07 Å². The van der Waals surface area contributed by atoms with E-state index in [1.165, 1.54) is 11.0 Å². The molecule has 198 valence electrons. The van der Waals surface area contributed by atoms with Crippen LogP contribution in [0.25, 0.3) is 28.2 Å². The van der Waals surface area contributed by atoms with Crippen LogP contribution in [0.15, 0.2) is 65.9 Å². The third-order valence-electron chi connectivity index (χ3n) is 7.62. The van der Waals surface area contributed by atoms with Gasteiger partial charge in [0.25, 0.3) is 5.56 Å². The van der Waals surface area contributed by atoms with Crippen molar-refractivity contribution >= 4 is 17.3 Å². The van der Waals surface area contributed by atoms with Gasteiger partial charge < -0.3 is 19.6 Å². The number of nitrogens with one attached hydrogen (secondary N) is 2. The average molecular weight is 556 g/mol. The maximum atomic E-state index is 15.2. The predicted molar refractivity (Wildman–Crippen MR) is 143 cm³/mol. The van der Waals surface area contributed by atoms with Crippen molar-refractivity contribution in [3.63, 3.8) is 0 Å². The van der Waals surface area contributed by atoms with E-state index in [-0.39, 0.29) is 29.7 Å². The van der Waals surface area contributed by atoms with E-state index in [2.05, 4.69) is 42.4 Å². The number of hydrogen-bond acceptors (Lipinski definition) is 8. The Hall–Kier alpha value is -4.84. The van der Waals surface area contributed by atoms with Gasteiger partial charge in [-0.3, -0.25) is 4.79 Å². The highest BCUT2D eigenvalue weighted by Crippen LogP contribution is 2.60. The molecular formula is C27H19ClFN9O2. The summed E-state index contributed by atoms with van der Waals surface area (Å²) in [5.41, 5.74) is 4.57. The van der Waals surface area contributed by atoms with Crippen LogP contribution in [-0.4, -0.2) is 46.3 Å². The van der Waals surface area contributed by atoms with Crippen molar-refractivity contribution in [2.45, 2.75) is 18.4 Å². The van der Waals surface area contributed by atoms with Gasteiger partial charge in [0.05, 0.1) is 17.4 Å². The number of aromatic amines is 1. The van der Waals surface area contributed by atoms with E-state index in [0.29, 0.717) is 45.1 Å². The number of nitrogens with zero attached hydrogens (tertiary/aromatic N) is 7. The van der Waals surface area contributed by atoms with Crippen molar-refractivity contribution in [1.82, 2.24) is 39.7 Å². The SMILES string of the molecule is C=C1COc2nc(-c3nc(C4C5CC5c5cc(-c6cc(Cl)ccc6-n6cnnn6)cc(=O)n54)[nH]c3F)ccc2N1. The first-order valence-corrected chi connectivity index (χ1v) is 13.0. The molecule has 3 unspecified atom stereocenters. The first kappa shape index (κ1) is 23.1. The summed E-state index contributed by atoms with van der Waals surface area (Å²) in [7, 11) is 0. The molecule has 1 aliphatic carbocycles. The Morgan fingerprint density at radius 2 is 2.05 bits per heavy atom. The molecule has 0 amide bonds. The van der Waals surface area contributed by atoms with E-state index < -0.39 is 12.0 Å². The molecule has 0 spiro atoms. The highest BCUT2D eigenvalue weighted by Gasteiger charge is 2.54. The minimum absolute atomic E-state index is 0.0751. The highest BCUT2D eigenvalue weighted by atomic mass is 35.5. The zero-order valence-corrected chi connectivity index (χ0v) is 21.4. The fraction of sp³-hybridized carbons (Fsp3) is 0.185. The van der Waals surface area contributed by atoms with Gasteiger partial charge in [-0.25, -0.2) is 9.97 Å². The zero-order valence-electron chi connectivity index (χ0n) is 20.7. The standard InChI is InChI=1S/C27H19ClFN9O2/c1-12-10-40-27-19(31-12)4-3-18(32-27)23-25(29)34-26(33-23)24-17-9-16(17)21-6-13(7-22(39)38(21)24)15-8-14(28)2-5-20(15)37-11-30-35-36-37/h2-8,11,16-17,24,31H,1,9-10H2,(H,33,34). The molecule has 8 rings (SSSR count). The van der Waals surface area contributed by atoms with Crippen molar-refractivity contribution < 1.29 is 9.13 Å². The van der Waals surface area contributed by atoms with Gasteiger partial charge in [-0.05, 0) is 64.7 Å². The molecule has 1 aromatic carbocycles. The Morgan fingerprint density at radius 3 is 2.90 bits per heavy atom. The summed E-state index contributed by atoms with van der Waals surface area (Å²) in [5, 5.41) is 15.1. The highest BCUT2D eigenvalue weighted by molar-refractivity contribution is 6.31. The van der Waals surface area contributed by atoms with Gasteiger partial charge in [0, 0.05) is 34.0 Å². The number of rotatable bonds is 4. The third-order valence-corrected chi connectivity index (χ3v) is 7.86. The number of hydrogen-bond donors (Lipinski definition) is 2. The molecule has 1 saturated carbocycles. The van der Waals surface area contributed by atoms with E-state index >= 15 is 4.39 Å². The fourth-order valence-corrected chi connectivity index (χ4v) is 5.98. The molecule has 4 aromatic heterocycles. The Bertz CT molecular complexity index is 1920. The van der Waals surface area contributed by atoms with E-state index in [0.717, 1.165) is 17.7 Å². The normalized spacial score (nSPS) is 20.4. The van der Waals surface area contributed by atoms with Crippen LogP contribution in [0.1, 0.15) is 29.9 Å². The molecule has 2 N–H and O–H groups in total. The van der Waals surface area contributed by atoms with E-state index in [9.17, 15) is 4.79 Å². The number of halogens is 2. The van der Waals surface area contributed by atoms with Gasteiger partial charge >= 0.3 is 0 Å². The third kappa shape index (κ3) is 3.49. The van der Waals surface area contributed by atoms with Crippen molar-refractivity contribution in [1.29, 1.82) is 0 Å². The summed E-state index contributed by atoms with van der Waals surface area (Å²) < 4.78 is 24.1. The quantitative estimate of drug-likeness (QED) is 0.339. The molecule has 13 heteroatoms.